The molecular weight excluding hydrogens is 336 g/mol. The maximum Gasteiger partial charge on any atom is 0.380 e. The topological polar surface area (TPSA) is 94.6 Å². The highest BCUT2D eigenvalue weighted by Gasteiger charge is 2.08. The quantitative estimate of drug-likeness (QED) is 0.651. The van der Waals surface area contributed by atoms with Crippen molar-refractivity contribution >= 4 is 23.7 Å². The van der Waals surface area contributed by atoms with Crippen molar-refractivity contribution in [2.45, 2.75) is 0 Å². The number of ketones is 2. The number of carbonyl (C=O) groups is 2. The van der Waals surface area contributed by atoms with Gasteiger partial charge in [0.2, 0.25) is 10.8 Å². The van der Waals surface area contributed by atoms with Crippen LogP contribution < -0.4 is 22.1 Å². The number of Topliss-reactive ketones (excluding diaryl/α,β-unsaturated/α-hetero) is 2. The second kappa shape index (κ2) is 7.40. The van der Waals surface area contributed by atoms with Crippen LogP contribution in [0.1, 0.15) is 20.7 Å². The first kappa shape index (κ1) is 17.0. The molecule has 0 saturated heterocycles. The number of benzene rings is 2. The molecule has 0 radical (unpaired) electrons. The van der Waals surface area contributed by atoms with Gasteiger partial charge in [0.1, 0.15) is 0 Å². The fourth-order valence-electron chi connectivity index (χ4n) is 2.17. The van der Waals surface area contributed by atoms with Crippen LogP contribution in [0, 0.1) is 0 Å². The zero-order valence-electron chi connectivity index (χ0n) is 13.4. The van der Waals surface area contributed by atoms with Crippen LogP contribution in [0.3, 0.4) is 0 Å². The minimum absolute atomic E-state index is 0.324. The molecule has 3 rings (SSSR count). The van der Waals surface area contributed by atoms with Crippen molar-refractivity contribution < 1.29 is 18.4 Å². The minimum atomic E-state index is -1.03. The van der Waals surface area contributed by atoms with Gasteiger partial charge < -0.3 is 8.83 Å². The molecule has 26 heavy (non-hydrogen) atoms. The van der Waals surface area contributed by atoms with E-state index in [4.69, 9.17) is 8.83 Å². The smallest absolute Gasteiger partial charge is 0.380 e. The molecule has 0 aliphatic rings. The fraction of sp³-hybridized carbons (Fsp3) is 0. The number of hydrogen-bond donors (Lipinski definition) is 0. The molecule has 0 bridgehead atoms. The molecular formula is C20H12O6. The summed E-state index contributed by atoms with van der Waals surface area (Å²) in [5.41, 5.74) is -2.47. The summed E-state index contributed by atoms with van der Waals surface area (Å²) in [4.78, 5) is 48.1. The van der Waals surface area contributed by atoms with Gasteiger partial charge in [-0.05, 0) is 0 Å². The van der Waals surface area contributed by atoms with E-state index >= 15 is 0 Å². The van der Waals surface area contributed by atoms with Crippen LogP contribution in [-0.4, -0.2) is 11.6 Å². The molecule has 0 aliphatic carbocycles. The predicted molar refractivity (Wildman–Crippen MR) is 93.2 cm³/mol. The van der Waals surface area contributed by atoms with Crippen molar-refractivity contribution in [3.05, 3.63) is 103 Å². The Morgan fingerprint density at radius 3 is 1.31 bits per heavy atom. The maximum atomic E-state index is 12.1. The molecule has 0 saturated carbocycles. The summed E-state index contributed by atoms with van der Waals surface area (Å²) in [6.07, 6.45) is 1.76. The van der Waals surface area contributed by atoms with Gasteiger partial charge in [-0.1, -0.05) is 60.7 Å². The van der Waals surface area contributed by atoms with Crippen LogP contribution in [0.15, 0.2) is 79.1 Å². The van der Waals surface area contributed by atoms with Gasteiger partial charge in [-0.25, -0.2) is 9.59 Å². The van der Waals surface area contributed by atoms with E-state index in [0.717, 1.165) is 12.2 Å². The van der Waals surface area contributed by atoms with Crippen LogP contribution >= 0.6 is 0 Å². The first-order chi connectivity index (χ1) is 12.5. The minimum Gasteiger partial charge on any atom is -0.413 e. The third-order valence-electron chi connectivity index (χ3n) is 3.45. The van der Waals surface area contributed by atoms with E-state index in [0.29, 0.717) is 11.1 Å². The SMILES string of the molecule is O=C(/C=c1\oc(=O)/c(=C/C(=O)c2ccccc2)oc1=O)c1ccccc1. The molecule has 6 heteroatoms. The molecule has 0 amide bonds. The van der Waals surface area contributed by atoms with Gasteiger partial charge >= 0.3 is 11.3 Å². The highest BCUT2D eigenvalue weighted by atomic mass is 16.5. The molecule has 2 aromatic carbocycles. The van der Waals surface area contributed by atoms with Crippen molar-refractivity contribution in [1.29, 1.82) is 0 Å². The zero-order valence-corrected chi connectivity index (χ0v) is 13.4. The summed E-state index contributed by atoms with van der Waals surface area (Å²) in [6, 6.07) is 16.3. The lowest BCUT2D eigenvalue weighted by Gasteiger charge is -1.94. The molecule has 0 aliphatic heterocycles. The van der Waals surface area contributed by atoms with Gasteiger partial charge in [-0.15, -0.1) is 0 Å². The second-order valence-electron chi connectivity index (χ2n) is 5.26. The van der Waals surface area contributed by atoms with Crippen LogP contribution in [0.25, 0.3) is 12.2 Å². The van der Waals surface area contributed by atoms with Gasteiger partial charge in [0.15, 0.2) is 11.6 Å². The van der Waals surface area contributed by atoms with E-state index in [9.17, 15) is 19.2 Å². The number of rotatable bonds is 4. The fourth-order valence-corrected chi connectivity index (χ4v) is 2.17. The standard InChI is InChI=1S/C20H12O6/c21-15(13-7-3-1-4-8-13)11-17-19(23)26-18(20(24)25-17)12-16(22)14-9-5-2-6-10-14/h1-12H/b17-11-,18-12-. The van der Waals surface area contributed by atoms with E-state index in [1.165, 1.54) is 0 Å². The Hall–Kier alpha value is -3.80. The van der Waals surface area contributed by atoms with E-state index in [1.807, 2.05) is 0 Å². The van der Waals surface area contributed by atoms with E-state index in [2.05, 4.69) is 0 Å². The summed E-state index contributed by atoms with van der Waals surface area (Å²) in [7, 11) is 0. The Balaban J connectivity index is 2.02. The Morgan fingerprint density at radius 1 is 0.615 bits per heavy atom. The van der Waals surface area contributed by atoms with Crippen molar-refractivity contribution in [2.24, 2.45) is 0 Å². The average molecular weight is 348 g/mol. The Morgan fingerprint density at radius 2 is 0.962 bits per heavy atom. The normalized spacial score (nSPS) is 12.2. The summed E-state index contributed by atoms with van der Waals surface area (Å²) < 4.78 is 9.69. The van der Waals surface area contributed by atoms with Gasteiger partial charge in [-0.2, -0.15) is 0 Å². The molecule has 0 N–H and O–H groups in total. The monoisotopic (exact) mass is 348 g/mol. The van der Waals surface area contributed by atoms with Gasteiger partial charge in [0.25, 0.3) is 0 Å². The molecule has 1 aromatic heterocycles. The molecule has 0 unspecified atom stereocenters. The largest absolute Gasteiger partial charge is 0.413 e. The van der Waals surface area contributed by atoms with E-state index in [-0.39, 0.29) is 0 Å². The van der Waals surface area contributed by atoms with Crippen molar-refractivity contribution in [2.75, 3.05) is 0 Å². The molecule has 3 aromatic rings. The molecule has 0 fully saturated rings. The lowest BCUT2D eigenvalue weighted by atomic mass is 10.1. The van der Waals surface area contributed by atoms with Gasteiger partial charge in [0, 0.05) is 23.3 Å². The molecule has 6 nitrogen and oxygen atoms in total. The lowest BCUT2D eigenvalue weighted by molar-refractivity contribution is 0.105. The van der Waals surface area contributed by atoms with Crippen LogP contribution in [0.4, 0.5) is 0 Å². The van der Waals surface area contributed by atoms with Crippen molar-refractivity contribution in [3.8, 4) is 0 Å². The summed E-state index contributed by atoms with van der Waals surface area (Å²) in [5.74, 6) is -1.03. The average Bonchev–Trinajstić information content (AvgIpc) is 2.67. The highest BCUT2D eigenvalue weighted by molar-refractivity contribution is 6.17. The zero-order chi connectivity index (χ0) is 18.5. The van der Waals surface area contributed by atoms with E-state index < -0.39 is 33.6 Å². The Kier molecular flexibility index (Phi) is 4.85. The van der Waals surface area contributed by atoms with Crippen molar-refractivity contribution in [1.82, 2.24) is 0 Å². The summed E-state index contributed by atoms with van der Waals surface area (Å²) in [5, 5.41) is 0. The van der Waals surface area contributed by atoms with E-state index in [1.54, 1.807) is 60.7 Å². The van der Waals surface area contributed by atoms with Crippen LogP contribution in [0.2, 0.25) is 0 Å². The van der Waals surface area contributed by atoms with Crippen LogP contribution in [0.5, 0.6) is 0 Å². The van der Waals surface area contributed by atoms with Gasteiger partial charge in [0.05, 0.1) is 0 Å². The molecule has 0 spiro atoms. The van der Waals surface area contributed by atoms with Crippen LogP contribution in [-0.2, 0) is 0 Å². The predicted octanol–water partition coefficient (Wildman–Crippen LogP) is 0.920. The first-order valence-corrected chi connectivity index (χ1v) is 7.61. The maximum absolute atomic E-state index is 12.1. The first-order valence-electron chi connectivity index (χ1n) is 7.61. The molecule has 128 valence electrons. The third kappa shape index (κ3) is 3.81. The second-order valence-corrected chi connectivity index (χ2v) is 5.26. The van der Waals surface area contributed by atoms with Gasteiger partial charge in [-0.3, -0.25) is 9.59 Å². The number of carbonyl (C=O) groups excluding carboxylic acids is 2. The van der Waals surface area contributed by atoms with Crippen molar-refractivity contribution in [3.63, 3.8) is 0 Å². The highest BCUT2D eigenvalue weighted by Crippen LogP contribution is 2.00. The third-order valence-corrected chi connectivity index (χ3v) is 3.45. The Labute approximate surface area is 146 Å². The number of hydrogen-bond acceptors (Lipinski definition) is 6. The molecule has 0 atom stereocenters. The Bertz CT molecular complexity index is 1090. The summed E-state index contributed by atoms with van der Waals surface area (Å²) in [6.45, 7) is 0. The lowest BCUT2D eigenvalue weighted by Crippen LogP contribution is -2.39. The molecule has 1 heterocycles. The summed E-state index contributed by atoms with van der Waals surface area (Å²) >= 11 is 0.